The van der Waals surface area contributed by atoms with Crippen molar-refractivity contribution in [2.45, 2.75) is 88.9 Å². The van der Waals surface area contributed by atoms with Crippen molar-refractivity contribution < 1.29 is 13.2 Å². The number of aryl methyl sites for hydroxylation is 1. The Balaban J connectivity index is 1.66. The number of rotatable bonds is 17. The monoisotopic (exact) mass is 458 g/mol. The molecule has 0 atom stereocenters. The van der Waals surface area contributed by atoms with Crippen molar-refractivity contribution >= 4 is 15.7 Å². The van der Waals surface area contributed by atoms with Crippen LogP contribution in [-0.4, -0.2) is 15.0 Å². The number of hydrogen-bond donors (Lipinski definition) is 1. The molecule has 5 heteroatoms. The van der Waals surface area contributed by atoms with Crippen LogP contribution in [0.1, 0.15) is 83.1 Å². The Bertz CT molecular complexity index is 845. The summed E-state index contributed by atoms with van der Waals surface area (Å²) in [5.74, 6) is 0.706. The first kappa shape index (κ1) is 26.2. The molecule has 0 spiro atoms. The van der Waals surface area contributed by atoms with Crippen molar-refractivity contribution in [1.82, 2.24) is 0 Å². The van der Waals surface area contributed by atoms with Crippen LogP contribution in [0, 0.1) is 6.92 Å². The highest BCUT2D eigenvalue weighted by molar-refractivity contribution is 7.92. The fourth-order valence-electron chi connectivity index (χ4n) is 3.65. The molecule has 0 aliphatic carbocycles. The van der Waals surface area contributed by atoms with Crippen molar-refractivity contribution in [3.05, 3.63) is 61.0 Å². The van der Waals surface area contributed by atoms with E-state index in [1.165, 1.54) is 57.8 Å². The lowest BCUT2D eigenvalue weighted by atomic mass is 10.1. The first-order valence-electron chi connectivity index (χ1n) is 12.2. The van der Waals surface area contributed by atoms with E-state index in [2.05, 4.69) is 18.6 Å². The summed E-state index contributed by atoms with van der Waals surface area (Å²) in [5, 5.41) is 0. The lowest BCUT2D eigenvalue weighted by Crippen LogP contribution is -2.12. The summed E-state index contributed by atoms with van der Waals surface area (Å²) < 4.78 is 33.7. The molecule has 177 valence electrons. The van der Waals surface area contributed by atoms with E-state index in [0.717, 1.165) is 24.8 Å². The molecule has 1 N–H and O–H groups in total. The molecule has 0 saturated heterocycles. The van der Waals surface area contributed by atoms with E-state index >= 15 is 0 Å². The Morgan fingerprint density at radius 3 is 1.91 bits per heavy atom. The van der Waals surface area contributed by atoms with Crippen molar-refractivity contribution in [1.29, 1.82) is 0 Å². The van der Waals surface area contributed by atoms with Gasteiger partial charge in [-0.2, -0.15) is 0 Å². The highest BCUT2D eigenvalue weighted by Gasteiger charge is 2.14. The zero-order valence-electron chi connectivity index (χ0n) is 19.7. The number of ether oxygens (including phenoxy) is 1. The lowest BCUT2D eigenvalue weighted by molar-refractivity contribution is 0.304. The van der Waals surface area contributed by atoms with Gasteiger partial charge in [0, 0.05) is 5.69 Å². The number of nitrogens with one attached hydrogen (secondary N) is 1. The van der Waals surface area contributed by atoms with Gasteiger partial charge in [-0.15, -0.1) is 0 Å². The first-order chi connectivity index (χ1) is 15.5. The number of sulfonamides is 1. The Labute approximate surface area is 195 Å². The average molecular weight is 459 g/mol. The molecule has 0 fully saturated rings. The number of hydrogen-bond acceptors (Lipinski definition) is 3. The Morgan fingerprint density at radius 2 is 1.34 bits per heavy atom. The first-order valence-corrected chi connectivity index (χ1v) is 13.7. The minimum absolute atomic E-state index is 0.227. The maximum Gasteiger partial charge on any atom is 0.261 e. The van der Waals surface area contributed by atoms with Crippen molar-refractivity contribution in [2.24, 2.45) is 0 Å². The van der Waals surface area contributed by atoms with Crippen LogP contribution >= 0.6 is 0 Å². The maximum atomic E-state index is 12.6. The van der Waals surface area contributed by atoms with Crippen LogP contribution in [0.25, 0.3) is 0 Å². The summed E-state index contributed by atoms with van der Waals surface area (Å²) in [4.78, 5) is 0.227. The highest BCUT2D eigenvalue weighted by Crippen LogP contribution is 2.20. The van der Waals surface area contributed by atoms with Gasteiger partial charge in [-0.25, -0.2) is 8.42 Å². The van der Waals surface area contributed by atoms with Gasteiger partial charge in [0.2, 0.25) is 0 Å². The third-order valence-electron chi connectivity index (χ3n) is 5.57. The lowest BCUT2D eigenvalue weighted by Gasteiger charge is -2.10. The van der Waals surface area contributed by atoms with Crippen LogP contribution in [0.2, 0.25) is 0 Å². The van der Waals surface area contributed by atoms with E-state index < -0.39 is 10.0 Å². The maximum absolute atomic E-state index is 12.6. The van der Waals surface area contributed by atoms with Crippen LogP contribution in [0.4, 0.5) is 5.69 Å². The molecule has 32 heavy (non-hydrogen) atoms. The molecule has 2 aromatic rings. The summed E-state index contributed by atoms with van der Waals surface area (Å²) in [5.41, 5.74) is 1.70. The van der Waals surface area contributed by atoms with Crippen LogP contribution in [0.3, 0.4) is 0 Å². The molecule has 0 aliphatic rings. The fourth-order valence-corrected chi connectivity index (χ4v) is 4.71. The zero-order valence-corrected chi connectivity index (χ0v) is 20.5. The van der Waals surface area contributed by atoms with Crippen molar-refractivity contribution in [2.75, 3.05) is 11.3 Å². The summed E-state index contributed by atoms with van der Waals surface area (Å²) in [6, 6.07) is 14.0. The quantitative estimate of drug-likeness (QED) is 0.249. The zero-order chi connectivity index (χ0) is 23.1. The molecular formula is C27H40NO3S. The minimum Gasteiger partial charge on any atom is -0.494 e. The van der Waals surface area contributed by atoms with E-state index in [0.29, 0.717) is 18.0 Å². The molecule has 2 rings (SSSR count). The van der Waals surface area contributed by atoms with Gasteiger partial charge in [-0.05, 0) is 61.2 Å². The standard InChI is InChI=1S/C27H40NO3S/c1-3-5-6-7-8-9-10-11-12-13-23-31-26-19-21-27(22-20-26)32(29,30)28-25-17-15-24(14-4-2)16-18-25/h15-22,28H,2-14,23H2,1H3. The molecular weight excluding hydrogens is 418 g/mol. The molecule has 0 unspecified atom stereocenters. The minimum atomic E-state index is -3.62. The van der Waals surface area contributed by atoms with Gasteiger partial charge < -0.3 is 4.74 Å². The molecule has 2 aromatic carbocycles. The number of unbranched alkanes of at least 4 members (excludes halogenated alkanes) is 9. The van der Waals surface area contributed by atoms with Gasteiger partial charge in [0.15, 0.2) is 0 Å². The van der Waals surface area contributed by atoms with Crippen LogP contribution in [0.15, 0.2) is 53.4 Å². The molecule has 0 heterocycles. The Hall–Kier alpha value is -2.01. The molecule has 0 bridgehead atoms. The number of benzene rings is 2. The predicted molar refractivity (Wildman–Crippen MR) is 135 cm³/mol. The second-order valence-corrected chi connectivity index (χ2v) is 10.1. The van der Waals surface area contributed by atoms with E-state index in [1.807, 2.05) is 12.1 Å². The highest BCUT2D eigenvalue weighted by atomic mass is 32.2. The van der Waals surface area contributed by atoms with Crippen molar-refractivity contribution in [3.63, 3.8) is 0 Å². The Morgan fingerprint density at radius 1 is 0.781 bits per heavy atom. The van der Waals surface area contributed by atoms with Gasteiger partial charge in [-0.1, -0.05) is 83.8 Å². The summed E-state index contributed by atoms with van der Waals surface area (Å²) in [6.45, 7) is 6.76. The second kappa shape index (κ2) is 14.9. The van der Waals surface area contributed by atoms with E-state index in [1.54, 1.807) is 36.4 Å². The largest absolute Gasteiger partial charge is 0.494 e. The average Bonchev–Trinajstić information content (AvgIpc) is 2.79. The molecule has 0 amide bonds. The van der Waals surface area contributed by atoms with E-state index in [4.69, 9.17) is 4.74 Å². The number of anilines is 1. The predicted octanol–water partition coefficient (Wildman–Crippen LogP) is 7.55. The van der Waals surface area contributed by atoms with Gasteiger partial charge in [0.1, 0.15) is 5.75 Å². The second-order valence-electron chi connectivity index (χ2n) is 8.41. The molecule has 4 nitrogen and oxygen atoms in total. The fraction of sp³-hybridized carbons (Fsp3) is 0.519. The third-order valence-corrected chi connectivity index (χ3v) is 6.97. The van der Waals surface area contributed by atoms with Gasteiger partial charge in [-0.3, -0.25) is 4.72 Å². The Kier molecular flexibility index (Phi) is 12.3. The van der Waals surface area contributed by atoms with Gasteiger partial charge in [0.25, 0.3) is 10.0 Å². The van der Waals surface area contributed by atoms with Crippen LogP contribution < -0.4 is 9.46 Å². The summed E-state index contributed by atoms with van der Waals surface area (Å²) in [6.07, 6.45) is 14.6. The van der Waals surface area contributed by atoms with E-state index in [9.17, 15) is 8.42 Å². The van der Waals surface area contributed by atoms with Crippen LogP contribution in [-0.2, 0) is 16.4 Å². The molecule has 0 saturated carbocycles. The third kappa shape index (κ3) is 10.1. The van der Waals surface area contributed by atoms with Crippen molar-refractivity contribution in [3.8, 4) is 5.75 Å². The summed E-state index contributed by atoms with van der Waals surface area (Å²) in [7, 11) is -3.62. The normalized spacial score (nSPS) is 11.4. The molecule has 0 aliphatic heterocycles. The van der Waals surface area contributed by atoms with E-state index in [-0.39, 0.29) is 4.90 Å². The molecule has 1 radical (unpaired) electrons. The SMILES string of the molecule is [CH2]CCc1ccc(NS(=O)(=O)c2ccc(OCCCCCCCCCCCC)cc2)cc1. The molecule has 0 aromatic heterocycles. The smallest absolute Gasteiger partial charge is 0.261 e. The topological polar surface area (TPSA) is 55.4 Å². The van der Waals surface area contributed by atoms with Gasteiger partial charge >= 0.3 is 0 Å². The van der Waals surface area contributed by atoms with Crippen LogP contribution in [0.5, 0.6) is 5.75 Å². The van der Waals surface area contributed by atoms with Gasteiger partial charge in [0.05, 0.1) is 11.5 Å². The summed E-state index contributed by atoms with van der Waals surface area (Å²) >= 11 is 0.